The Bertz CT molecular complexity index is 1100. The summed E-state index contributed by atoms with van der Waals surface area (Å²) in [6, 6.07) is 11.0. The molecule has 154 valence electrons. The fraction of sp³-hybridized carbons (Fsp3) is 0.190. The van der Waals surface area contributed by atoms with E-state index in [0.717, 1.165) is 27.0 Å². The highest BCUT2D eigenvalue weighted by atomic mass is 79.9. The highest BCUT2D eigenvalue weighted by Crippen LogP contribution is 2.36. The molecule has 0 atom stereocenters. The molecule has 0 radical (unpaired) electrons. The van der Waals surface area contributed by atoms with Crippen molar-refractivity contribution in [3.63, 3.8) is 0 Å². The molecule has 0 unspecified atom stereocenters. The first-order valence-electron chi connectivity index (χ1n) is 9.19. The molecule has 0 saturated carbocycles. The summed E-state index contributed by atoms with van der Waals surface area (Å²) in [6.07, 6.45) is 0.178. The average Bonchev–Trinajstić information content (AvgIpc) is 3.17. The number of carbonyl (C=O) groups is 2. The van der Waals surface area contributed by atoms with Crippen molar-refractivity contribution in [1.82, 2.24) is 4.98 Å². The second-order valence-corrected chi connectivity index (χ2v) is 8.32. The highest BCUT2D eigenvalue weighted by Gasteiger charge is 2.17. The second-order valence-electron chi connectivity index (χ2n) is 6.61. The molecule has 9 heteroatoms. The Hall–Kier alpha value is -2.91. The molecule has 0 spiro atoms. The number of hydrogen-bond donors (Lipinski definition) is 2. The van der Waals surface area contributed by atoms with E-state index in [1.54, 1.807) is 0 Å². The largest absolute Gasteiger partial charge is 0.486 e. The summed E-state index contributed by atoms with van der Waals surface area (Å²) in [5.74, 6) is 1.03. The smallest absolute Gasteiger partial charge is 0.230 e. The number of nitrogens with one attached hydrogen (secondary N) is 2. The van der Waals surface area contributed by atoms with Gasteiger partial charge in [0.2, 0.25) is 11.8 Å². The van der Waals surface area contributed by atoms with Crippen LogP contribution in [-0.4, -0.2) is 30.0 Å². The van der Waals surface area contributed by atoms with Crippen LogP contribution in [-0.2, 0) is 16.0 Å². The number of hydrogen-bond acceptors (Lipinski definition) is 6. The minimum absolute atomic E-state index is 0.119. The number of carbonyl (C=O) groups excluding carboxylic acids is 2. The van der Waals surface area contributed by atoms with Gasteiger partial charge in [-0.25, -0.2) is 4.98 Å². The van der Waals surface area contributed by atoms with Crippen molar-refractivity contribution >= 4 is 49.9 Å². The second kappa shape index (κ2) is 8.85. The zero-order valence-corrected chi connectivity index (χ0v) is 18.4. The molecule has 1 aromatic heterocycles. The lowest BCUT2D eigenvalue weighted by Gasteiger charge is -2.19. The van der Waals surface area contributed by atoms with Gasteiger partial charge in [-0.05, 0) is 29.8 Å². The summed E-state index contributed by atoms with van der Waals surface area (Å²) >= 11 is 4.85. The maximum absolute atomic E-state index is 12.5. The monoisotopic (exact) mass is 487 g/mol. The predicted molar refractivity (Wildman–Crippen MR) is 119 cm³/mol. The fourth-order valence-corrected chi connectivity index (χ4v) is 4.17. The van der Waals surface area contributed by atoms with Gasteiger partial charge in [0.1, 0.15) is 13.2 Å². The van der Waals surface area contributed by atoms with Gasteiger partial charge in [-0.1, -0.05) is 28.1 Å². The van der Waals surface area contributed by atoms with E-state index < -0.39 is 0 Å². The Labute approximate surface area is 185 Å². The first-order valence-corrected chi connectivity index (χ1v) is 10.9. The average molecular weight is 488 g/mol. The van der Waals surface area contributed by atoms with Gasteiger partial charge in [-0.15, -0.1) is 11.3 Å². The first-order chi connectivity index (χ1) is 14.5. The number of nitrogens with zero attached hydrogens (tertiary/aromatic N) is 1. The van der Waals surface area contributed by atoms with E-state index >= 15 is 0 Å². The van der Waals surface area contributed by atoms with Crippen molar-refractivity contribution in [3.05, 3.63) is 51.8 Å². The number of ether oxygens (including phenoxy) is 2. The number of fused-ring (bicyclic) bond motifs is 1. The molecule has 7 nitrogen and oxygen atoms in total. The summed E-state index contributed by atoms with van der Waals surface area (Å²) in [4.78, 5) is 28.1. The van der Waals surface area contributed by atoms with Crippen LogP contribution in [0.4, 0.5) is 10.8 Å². The maximum Gasteiger partial charge on any atom is 0.230 e. The highest BCUT2D eigenvalue weighted by molar-refractivity contribution is 9.10. The van der Waals surface area contributed by atoms with Crippen LogP contribution < -0.4 is 20.1 Å². The molecule has 1 aliphatic heterocycles. The van der Waals surface area contributed by atoms with Gasteiger partial charge in [0, 0.05) is 28.0 Å². The zero-order valence-electron chi connectivity index (χ0n) is 16.0. The Balaban J connectivity index is 1.41. The number of thiazole rings is 1. The third-order valence-electron chi connectivity index (χ3n) is 4.31. The maximum atomic E-state index is 12.5. The molecule has 1 aliphatic rings. The normalized spacial score (nSPS) is 12.3. The predicted octanol–water partition coefficient (Wildman–Crippen LogP) is 4.48. The van der Waals surface area contributed by atoms with Gasteiger partial charge >= 0.3 is 0 Å². The lowest BCUT2D eigenvalue weighted by molar-refractivity contribution is -0.116. The first kappa shape index (κ1) is 20.4. The molecule has 0 saturated heterocycles. The summed E-state index contributed by atoms with van der Waals surface area (Å²) < 4.78 is 11.9. The molecule has 2 N–H and O–H groups in total. The van der Waals surface area contributed by atoms with Gasteiger partial charge in [-0.3, -0.25) is 9.59 Å². The SMILES string of the molecule is CC(=O)Nc1ccc(-c2csc(NC(=O)Cc3cc4c(cc3Br)OCCO4)n2)cc1. The number of benzene rings is 2. The van der Waals surface area contributed by atoms with E-state index in [4.69, 9.17) is 9.47 Å². The van der Waals surface area contributed by atoms with E-state index in [-0.39, 0.29) is 18.2 Å². The number of anilines is 2. The number of rotatable bonds is 5. The van der Waals surface area contributed by atoms with Crippen molar-refractivity contribution < 1.29 is 19.1 Å². The lowest BCUT2D eigenvalue weighted by atomic mass is 10.1. The molecule has 2 heterocycles. The fourth-order valence-electron chi connectivity index (χ4n) is 2.97. The summed E-state index contributed by atoms with van der Waals surface area (Å²) in [7, 11) is 0. The number of aromatic nitrogens is 1. The Morgan fingerprint density at radius 1 is 1.10 bits per heavy atom. The summed E-state index contributed by atoms with van der Waals surface area (Å²) in [6.45, 7) is 2.47. The molecule has 30 heavy (non-hydrogen) atoms. The van der Waals surface area contributed by atoms with Crippen molar-refractivity contribution in [2.75, 3.05) is 23.8 Å². The summed E-state index contributed by atoms with van der Waals surface area (Å²) in [5.41, 5.74) is 3.18. The molecule has 3 aromatic rings. The third-order valence-corrected chi connectivity index (χ3v) is 5.81. The Morgan fingerprint density at radius 3 is 2.50 bits per heavy atom. The van der Waals surface area contributed by atoms with Crippen LogP contribution in [0.1, 0.15) is 12.5 Å². The molecule has 4 rings (SSSR count). The molecule has 0 aliphatic carbocycles. The number of halogens is 1. The molecule has 0 fully saturated rings. The van der Waals surface area contributed by atoms with Crippen LogP contribution in [0.3, 0.4) is 0 Å². The Morgan fingerprint density at radius 2 is 1.80 bits per heavy atom. The Kier molecular flexibility index (Phi) is 6.01. The molecule has 2 aromatic carbocycles. The third kappa shape index (κ3) is 4.80. The van der Waals surface area contributed by atoms with Gasteiger partial charge in [0.25, 0.3) is 0 Å². The van der Waals surface area contributed by atoms with E-state index in [1.807, 2.05) is 41.8 Å². The van der Waals surface area contributed by atoms with Crippen molar-refractivity contribution in [2.24, 2.45) is 0 Å². The van der Waals surface area contributed by atoms with Gasteiger partial charge < -0.3 is 20.1 Å². The van der Waals surface area contributed by atoms with Crippen molar-refractivity contribution in [1.29, 1.82) is 0 Å². The minimum Gasteiger partial charge on any atom is -0.486 e. The van der Waals surface area contributed by atoms with Crippen LogP contribution in [0.15, 0.2) is 46.3 Å². The minimum atomic E-state index is -0.172. The van der Waals surface area contributed by atoms with Crippen LogP contribution in [0.2, 0.25) is 0 Å². The van der Waals surface area contributed by atoms with Crippen LogP contribution in [0.5, 0.6) is 11.5 Å². The van der Waals surface area contributed by atoms with E-state index in [0.29, 0.717) is 29.8 Å². The number of amides is 2. The van der Waals surface area contributed by atoms with Crippen LogP contribution in [0, 0.1) is 0 Å². The standard InChI is InChI=1S/C21H18BrN3O4S/c1-12(26)23-15-4-2-13(3-5-15)17-11-30-21(24-17)25-20(27)9-14-8-18-19(10-16(14)22)29-7-6-28-18/h2-5,8,10-11H,6-7,9H2,1H3,(H,23,26)(H,24,25,27). The van der Waals surface area contributed by atoms with Gasteiger partial charge in [-0.2, -0.15) is 0 Å². The van der Waals surface area contributed by atoms with E-state index in [9.17, 15) is 9.59 Å². The van der Waals surface area contributed by atoms with Crippen LogP contribution >= 0.6 is 27.3 Å². The molecular weight excluding hydrogens is 470 g/mol. The van der Waals surface area contributed by atoms with Gasteiger partial charge in [0.15, 0.2) is 16.6 Å². The topological polar surface area (TPSA) is 89.6 Å². The molecule has 2 amide bonds. The van der Waals surface area contributed by atoms with E-state index in [1.165, 1.54) is 18.3 Å². The van der Waals surface area contributed by atoms with Crippen molar-refractivity contribution in [3.8, 4) is 22.8 Å². The quantitative estimate of drug-likeness (QED) is 0.553. The zero-order chi connectivity index (χ0) is 21.1. The van der Waals surface area contributed by atoms with Crippen molar-refractivity contribution in [2.45, 2.75) is 13.3 Å². The summed E-state index contributed by atoms with van der Waals surface area (Å²) in [5, 5.41) is 7.97. The van der Waals surface area contributed by atoms with Gasteiger partial charge in [0.05, 0.1) is 12.1 Å². The molecule has 0 bridgehead atoms. The molecular formula is C21H18BrN3O4S. The van der Waals surface area contributed by atoms with Crippen LogP contribution in [0.25, 0.3) is 11.3 Å². The lowest BCUT2D eigenvalue weighted by Crippen LogP contribution is -2.17. The van der Waals surface area contributed by atoms with E-state index in [2.05, 4.69) is 31.5 Å².